The number of halogens is 1. The standard InChI is InChI=1S/C13H12ClNO3S2/c14-12-8-3-1-2-4-10(8)20-11(12)6-19-5-9(13(17)18)15-7-16/h1-4,7,9H,5-6H2,(H,15,16)(H,17,18). The van der Waals surface area contributed by atoms with Crippen LogP contribution >= 0.6 is 34.7 Å². The molecule has 106 valence electrons. The first-order chi connectivity index (χ1) is 9.63. The molecule has 0 bridgehead atoms. The lowest BCUT2D eigenvalue weighted by Crippen LogP contribution is -2.37. The SMILES string of the molecule is O=CNC(CSCc1sc2ccccc2c1Cl)C(=O)O. The number of thiophene rings is 1. The van der Waals surface area contributed by atoms with Crippen molar-refractivity contribution in [1.29, 1.82) is 0 Å². The monoisotopic (exact) mass is 329 g/mol. The summed E-state index contributed by atoms with van der Waals surface area (Å²) < 4.78 is 1.12. The van der Waals surface area contributed by atoms with Gasteiger partial charge in [-0.05, 0) is 6.07 Å². The number of hydrogen-bond acceptors (Lipinski definition) is 4. The number of nitrogens with one attached hydrogen (secondary N) is 1. The van der Waals surface area contributed by atoms with Gasteiger partial charge in [0.1, 0.15) is 6.04 Å². The number of carbonyl (C=O) groups is 2. The molecule has 2 aromatic rings. The third-order valence-electron chi connectivity index (χ3n) is 2.69. The number of thioether (sulfide) groups is 1. The van der Waals surface area contributed by atoms with Crippen molar-refractivity contribution < 1.29 is 14.7 Å². The molecule has 1 heterocycles. The van der Waals surface area contributed by atoms with Crippen LogP contribution in [0.15, 0.2) is 24.3 Å². The fraction of sp³-hybridized carbons (Fsp3) is 0.231. The van der Waals surface area contributed by atoms with Crippen LogP contribution in [-0.4, -0.2) is 29.3 Å². The van der Waals surface area contributed by atoms with Crippen molar-refractivity contribution >= 4 is 57.2 Å². The molecule has 0 aliphatic heterocycles. The number of carboxylic acids is 1. The number of amides is 1. The minimum atomic E-state index is -1.04. The Kier molecular flexibility index (Phi) is 5.28. The van der Waals surface area contributed by atoms with Crippen molar-refractivity contribution in [1.82, 2.24) is 5.32 Å². The van der Waals surface area contributed by atoms with E-state index in [9.17, 15) is 9.59 Å². The van der Waals surface area contributed by atoms with E-state index < -0.39 is 12.0 Å². The van der Waals surface area contributed by atoms with Gasteiger partial charge in [0.05, 0.1) is 5.02 Å². The summed E-state index contributed by atoms with van der Waals surface area (Å²) in [7, 11) is 0. The average molecular weight is 330 g/mol. The van der Waals surface area contributed by atoms with Gasteiger partial charge in [0.25, 0.3) is 0 Å². The number of benzene rings is 1. The lowest BCUT2D eigenvalue weighted by atomic mass is 10.2. The maximum absolute atomic E-state index is 10.9. The lowest BCUT2D eigenvalue weighted by molar-refractivity contribution is -0.139. The molecule has 1 aromatic heterocycles. The Morgan fingerprint density at radius 2 is 2.25 bits per heavy atom. The molecular weight excluding hydrogens is 318 g/mol. The summed E-state index contributed by atoms with van der Waals surface area (Å²) in [6.07, 6.45) is 0.408. The second-order valence-electron chi connectivity index (χ2n) is 4.03. The molecule has 1 aromatic carbocycles. The molecule has 0 saturated heterocycles. The van der Waals surface area contributed by atoms with Crippen LogP contribution in [0.5, 0.6) is 0 Å². The van der Waals surface area contributed by atoms with Crippen LogP contribution in [0.4, 0.5) is 0 Å². The predicted octanol–water partition coefficient (Wildman–Crippen LogP) is 2.99. The Morgan fingerprint density at radius 1 is 1.50 bits per heavy atom. The van der Waals surface area contributed by atoms with Gasteiger partial charge >= 0.3 is 5.97 Å². The minimum absolute atomic E-state index is 0.304. The van der Waals surface area contributed by atoms with E-state index in [4.69, 9.17) is 16.7 Å². The maximum Gasteiger partial charge on any atom is 0.327 e. The molecule has 1 atom stereocenters. The van der Waals surface area contributed by atoms with Crippen LogP contribution in [0.25, 0.3) is 10.1 Å². The van der Waals surface area contributed by atoms with Crippen LogP contribution < -0.4 is 5.32 Å². The summed E-state index contributed by atoms with van der Waals surface area (Å²) in [5.74, 6) is -0.103. The Labute approximate surface area is 129 Å². The second kappa shape index (κ2) is 6.97. The molecule has 1 amide bonds. The Bertz CT molecular complexity index is 629. The van der Waals surface area contributed by atoms with Gasteiger partial charge in [0, 0.05) is 26.5 Å². The molecule has 0 spiro atoms. The molecule has 7 heteroatoms. The highest BCUT2D eigenvalue weighted by Crippen LogP contribution is 2.37. The van der Waals surface area contributed by atoms with Gasteiger partial charge in [0.15, 0.2) is 0 Å². The smallest absolute Gasteiger partial charge is 0.327 e. The van der Waals surface area contributed by atoms with Gasteiger partial charge < -0.3 is 10.4 Å². The van der Waals surface area contributed by atoms with Crippen LogP contribution in [0, 0.1) is 0 Å². The number of hydrogen-bond donors (Lipinski definition) is 2. The van der Waals surface area contributed by atoms with Crippen molar-refractivity contribution in [3.8, 4) is 0 Å². The second-order valence-corrected chi connectivity index (χ2v) is 6.57. The zero-order valence-electron chi connectivity index (χ0n) is 10.3. The van der Waals surface area contributed by atoms with Gasteiger partial charge in [-0.1, -0.05) is 29.8 Å². The van der Waals surface area contributed by atoms with Crippen LogP contribution in [0.1, 0.15) is 4.88 Å². The third-order valence-corrected chi connectivity index (χ3v) is 5.65. The Balaban J connectivity index is 2.00. The van der Waals surface area contributed by atoms with Gasteiger partial charge in [-0.25, -0.2) is 4.79 Å². The Hall–Kier alpha value is -1.24. The summed E-state index contributed by atoms with van der Waals surface area (Å²) in [5, 5.41) is 12.9. The van der Waals surface area contributed by atoms with E-state index in [0.29, 0.717) is 17.9 Å². The van der Waals surface area contributed by atoms with E-state index in [1.54, 1.807) is 11.3 Å². The molecule has 0 saturated carbocycles. The van der Waals surface area contributed by atoms with Crippen LogP contribution in [0.2, 0.25) is 5.02 Å². The van der Waals surface area contributed by atoms with Crippen molar-refractivity contribution in [3.05, 3.63) is 34.2 Å². The molecule has 0 aliphatic carbocycles. The zero-order chi connectivity index (χ0) is 14.5. The molecule has 1 unspecified atom stereocenters. The van der Waals surface area contributed by atoms with E-state index in [1.807, 2.05) is 24.3 Å². The van der Waals surface area contributed by atoms with E-state index in [1.165, 1.54) is 11.8 Å². The van der Waals surface area contributed by atoms with Crippen molar-refractivity contribution in [2.75, 3.05) is 5.75 Å². The summed E-state index contributed by atoms with van der Waals surface area (Å²) >= 11 is 9.35. The summed E-state index contributed by atoms with van der Waals surface area (Å²) in [6.45, 7) is 0. The van der Waals surface area contributed by atoms with Gasteiger partial charge in [-0.3, -0.25) is 4.79 Å². The van der Waals surface area contributed by atoms with Crippen molar-refractivity contribution in [3.63, 3.8) is 0 Å². The minimum Gasteiger partial charge on any atom is -0.480 e. The quantitative estimate of drug-likeness (QED) is 0.766. The predicted molar refractivity (Wildman–Crippen MR) is 83.6 cm³/mol. The maximum atomic E-state index is 10.9. The molecule has 0 aliphatic rings. The first kappa shape index (κ1) is 15.2. The topological polar surface area (TPSA) is 66.4 Å². The van der Waals surface area contributed by atoms with Crippen LogP contribution in [0.3, 0.4) is 0 Å². The first-order valence-corrected chi connectivity index (χ1v) is 8.14. The summed E-state index contributed by atoms with van der Waals surface area (Å²) in [4.78, 5) is 22.2. The molecule has 0 fully saturated rings. The van der Waals surface area contributed by atoms with E-state index in [0.717, 1.165) is 20.0 Å². The van der Waals surface area contributed by atoms with Gasteiger partial charge in [0.2, 0.25) is 6.41 Å². The normalized spacial score (nSPS) is 12.2. The van der Waals surface area contributed by atoms with E-state index in [2.05, 4.69) is 5.32 Å². The highest BCUT2D eigenvalue weighted by molar-refractivity contribution is 7.98. The summed E-state index contributed by atoms with van der Waals surface area (Å²) in [6, 6.07) is 7.00. The molecule has 20 heavy (non-hydrogen) atoms. The first-order valence-electron chi connectivity index (χ1n) is 5.79. The van der Waals surface area contributed by atoms with Crippen molar-refractivity contribution in [2.24, 2.45) is 0 Å². The highest BCUT2D eigenvalue weighted by atomic mass is 35.5. The van der Waals surface area contributed by atoms with Gasteiger partial charge in [-0.2, -0.15) is 11.8 Å². The zero-order valence-corrected chi connectivity index (χ0v) is 12.7. The molecule has 4 nitrogen and oxygen atoms in total. The fourth-order valence-electron chi connectivity index (χ4n) is 1.70. The van der Waals surface area contributed by atoms with E-state index in [-0.39, 0.29) is 0 Å². The average Bonchev–Trinajstić information content (AvgIpc) is 2.75. The van der Waals surface area contributed by atoms with E-state index >= 15 is 0 Å². The number of aliphatic carboxylic acids is 1. The highest BCUT2D eigenvalue weighted by Gasteiger charge is 2.17. The number of carboxylic acid groups (broad SMARTS) is 1. The molecular formula is C13H12ClNO3S2. The number of fused-ring (bicyclic) bond motifs is 1. The van der Waals surface area contributed by atoms with Crippen molar-refractivity contribution in [2.45, 2.75) is 11.8 Å². The number of rotatable bonds is 7. The van der Waals surface area contributed by atoms with Gasteiger partial charge in [-0.15, -0.1) is 11.3 Å². The molecule has 0 radical (unpaired) electrons. The summed E-state index contributed by atoms with van der Waals surface area (Å²) in [5.41, 5.74) is 0. The molecule has 2 N–H and O–H groups in total. The largest absolute Gasteiger partial charge is 0.480 e. The van der Waals surface area contributed by atoms with Crippen LogP contribution in [-0.2, 0) is 15.3 Å². The number of carbonyl (C=O) groups excluding carboxylic acids is 1. The lowest BCUT2D eigenvalue weighted by Gasteiger charge is -2.09. The Morgan fingerprint density at radius 3 is 2.90 bits per heavy atom. The third kappa shape index (κ3) is 3.45. The molecule has 2 rings (SSSR count). The fourth-order valence-corrected chi connectivity index (χ4v) is 4.48.